The highest BCUT2D eigenvalue weighted by atomic mass is 19.1. The zero-order valence-electron chi connectivity index (χ0n) is 16.0. The summed E-state index contributed by atoms with van der Waals surface area (Å²) in [6, 6.07) is 12.2. The molecule has 1 fully saturated rings. The number of hydrogen-bond donors (Lipinski definition) is 1. The van der Waals surface area contributed by atoms with E-state index in [1.54, 1.807) is 13.2 Å². The summed E-state index contributed by atoms with van der Waals surface area (Å²) in [5, 5.41) is 3.16. The number of likely N-dealkylation sites (tertiary alicyclic amines) is 1. The van der Waals surface area contributed by atoms with Crippen LogP contribution in [0.2, 0.25) is 0 Å². The van der Waals surface area contributed by atoms with E-state index in [2.05, 4.69) is 5.32 Å². The Labute approximate surface area is 160 Å². The van der Waals surface area contributed by atoms with Crippen molar-refractivity contribution in [2.24, 2.45) is 0 Å². The van der Waals surface area contributed by atoms with E-state index in [1.165, 1.54) is 18.6 Å². The Morgan fingerprint density at radius 2 is 1.85 bits per heavy atom. The molecule has 0 saturated carbocycles. The molecule has 3 rings (SSSR count). The Hall–Kier alpha value is -2.40. The van der Waals surface area contributed by atoms with Crippen LogP contribution in [0.15, 0.2) is 42.5 Å². The van der Waals surface area contributed by atoms with E-state index >= 15 is 0 Å². The molecule has 1 heterocycles. The average Bonchev–Trinajstić information content (AvgIpc) is 2.72. The van der Waals surface area contributed by atoms with Crippen LogP contribution in [0.1, 0.15) is 24.8 Å². The number of rotatable bonds is 6. The van der Waals surface area contributed by atoms with Gasteiger partial charge in [-0.3, -0.25) is 4.79 Å². The van der Waals surface area contributed by atoms with Gasteiger partial charge in [-0.2, -0.15) is 0 Å². The first kappa shape index (κ1) is 19.4. The fourth-order valence-electron chi connectivity index (χ4n) is 3.61. The van der Waals surface area contributed by atoms with E-state index in [1.807, 2.05) is 36.2 Å². The van der Waals surface area contributed by atoms with Crippen molar-refractivity contribution in [1.82, 2.24) is 10.2 Å². The van der Waals surface area contributed by atoms with Gasteiger partial charge in [-0.05, 0) is 62.1 Å². The van der Waals surface area contributed by atoms with Gasteiger partial charge in [-0.1, -0.05) is 24.3 Å². The number of methoxy groups -OCH3 is 1. The summed E-state index contributed by atoms with van der Waals surface area (Å²) in [5.41, 5.74) is 2.68. The minimum atomic E-state index is -0.294. The molecule has 0 radical (unpaired) electrons. The monoisotopic (exact) mass is 370 g/mol. The molecule has 1 aliphatic rings. The number of amides is 1. The SMILES string of the molecule is CNC(Cc1ccc(-c2cc(F)ccc2OC)cc1)C(=O)N1CCCCC1. The predicted molar refractivity (Wildman–Crippen MR) is 105 cm³/mol. The summed E-state index contributed by atoms with van der Waals surface area (Å²) in [6.45, 7) is 1.71. The zero-order valence-corrected chi connectivity index (χ0v) is 16.0. The fourth-order valence-corrected chi connectivity index (χ4v) is 3.61. The Morgan fingerprint density at radius 1 is 1.15 bits per heavy atom. The first-order valence-corrected chi connectivity index (χ1v) is 9.51. The summed E-state index contributed by atoms with van der Waals surface area (Å²) in [7, 11) is 3.41. The van der Waals surface area contributed by atoms with Gasteiger partial charge in [-0.25, -0.2) is 4.39 Å². The third-order valence-electron chi connectivity index (χ3n) is 5.18. The lowest BCUT2D eigenvalue weighted by Gasteiger charge is -2.30. The van der Waals surface area contributed by atoms with E-state index < -0.39 is 0 Å². The highest BCUT2D eigenvalue weighted by Crippen LogP contribution is 2.30. The molecule has 27 heavy (non-hydrogen) atoms. The van der Waals surface area contributed by atoms with E-state index in [9.17, 15) is 9.18 Å². The van der Waals surface area contributed by atoms with Crippen LogP contribution < -0.4 is 10.1 Å². The van der Waals surface area contributed by atoms with Crippen LogP contribution in [0.4, 0.5) is 4.39 Å². The van der Waals surface area contributed by atoms with Gasteiger partial charge in [0.2, 0.25) is 5.91 Å². The fraction of sp³-hybridized carbons (Fsp3) is 0.409. The summed E-state index contributed by atoms with van der Waals surface area (Å²) in [6.07, 6.45) is 4.02. The maximum Gasteiger partial charge on any atom is 0.240 e. The van der Waals surface area contributed by atoms with Crippen molar-refractivity contribution >= 4 is 5.91 Å². The molecule has 1 aliphatic heterocycles. The van der Waals surface area contributed by atoms with Crippen molar-refractivity contribution in [2.75, 3.05) is 27.2 Å². The lowest BCUT2D eigenvalue weighted by Crippen LogP contribution is -2.48. The van der Waals surface area contributed by atoms with Gasteiger partial charge in [0, 0.05) is 18.7 Å². The van der Waals surface area contributed by atoms with Gasteiger partial charge < -0.3 is 15.0 Å². The molecule has 5 heteroatoms. The van der Waals surface area contributed by atoms with Crippen LogP contribution in [0.25, 0.3) is 11.1 Å². The highest BCUT2D eigenvalue weighted by Gasteiger charge is 2.24. The predicted octanol–water partition coefficient (Wildman–Crippen LogP) is 3.64. The van der Waals surface area contributed by atoms with E-state index in [4.69, 9.17) is 4.74 Å². The van der Waals surface area contributed by atoms with Gasteiger partial charge in [-0.15, -0.1) is 0 Å². The lowest BCUT2D eigenvalue weighted by atomic mass is 9.99. The minimum absolute atomic E-state index is 0.174. The molecule has 0 aromatic heterocycles. The zero-order chi connectivity index (χ0) is 19.2. The second-order valence-electron chi connectivity index (χ2n) is 6.97. The topological polar surface area (TPSA) is 41.6 Å². The molecule has 1 atom stereocenters. The number of halogens is 1. The van der Waals surface area contributed by atoms with Crippen LogP contribution in [0, 0.1) is 5.82 Å². The number of nitrogens with one attached hydrogen (secondary N) is 1. The number of ether oxygens (including phenoxy) is 1. The summed E-state index contributed by atoms with van der Waals surface area (Å²) in [5.74, 6) is 0.517. The van der Waals surface area contributed by atoms with Crippen LogP contribution in [-0.4, -0.2) is 44.1 Å². The molecule has 1 N–H and O–H groups in total. The quantitative estimate of drug-likeness (QED) is 0.844. The van der Waals surface area contributed by atoms with Gasteiger partial charge in [0.1, 0.15) is 11.6 Å². The number of piperidine rings is 1. The van der Waals surface area contributed by atoms with Crippen molar-refractivity contribution in [3.63, 3.8) is 0 Å². The molecule has 0 bridgehead atoms. The second kappa shape index (κ2) is 9.00. The lowest BCUT2D eigenvalue weighted by molar-refractivity contribution is -0.134. The molecule has 1 saturated heterocycles. The number of carbonyl (C=O) groups is 1. The molecule has 144 valence electrons. The van der Waals surface area contributed by atoms with Gasteiger partial charge in [0.05, 0.1) is 13.2 Å². The molecular formula is C22H27FN2O2. The minimum Gasteiger partial charge on any atom is -0.496 e. The van der Waals surface area contributed by atoms with Crippen LogP contribution >= 0.6 is 0 Å². The molecule has 2 aromatic rings. The maximum atomic E-state index is 13.6. The highest BCUT2D eigenvalue weighted by molar-refractivity contribution is 5.82. The molecular weight excluding hydrogens is 343 g/mol. The first-order chi connectivity index (χ1) is 13.1. The number of benzene rings is 2. The normalized spacial score (nSPS) is 15.4. The first-order valence-electron chi connectivity index (χ1n) is 9.51. The van der Waals surface area contributed by atoms with Gasteiger partial charge in [0.15, 0.2) is 0 Å². The average molecular weight is 370 g/mol. The summed E-state index contributed by atoms with van der Waals surface area (Å²) < 4.78 is 19.0. The summed E-state index contributed by atoms with van der Waals surface area (Å²) >= 11 is 0. The molecule has 4 nitrogen and oxygen atoms in total. The molecule has 2 aromatic carbocycles. The number of nitrogens with zero attached hydrogens (tertiary/aromatic N) is 1. The molecule has 1 unspecified atom stereocenters. The van der Waals surface area contributed by atoms with Crippen molar-refractivity contribution in [3.05, 3.63) is 53.8 Å². The van der Waals surface area contributed by atoms with Crippen LogP contribution in [0.5, 0.6) is 5.75 Å². The van der Waals surface area contributed by atoms with Crippen molar-refractivity contribution in [3.8, 4) is 16.9 Å². The van der Waals surface area contributed by atoms with E-state index in [-0.39, 0.29) is 17.8 Å². The smallest absolute Gasteiger partial charge is 0.240 e. The number of hydrogen-bond acceptors (Lipinski definition) is 3. The third-order valence-corrected chi connectivity index (χ3v) is 5.18. The Kier molecular flexibility index (Phi) is 6.45. The van der Waals surface area contributed by atoms with E-state index in [0.29, 0.717) is 12.2 Å². The molecule has 1 amide bonds. The number of likely N-dealkylation sites (N-methyl/N-ethyl adjacent to an activating group) is 1. The third kappa shape index (κ3) is 4.66. The Morgan fingerprint density at radius 3 is 2.48 bits per heavy atom. The van der Waals surface area contributed by atoms with E-state index in [0.717, 1.165) is 42.6 Å². The molecule has 0 aliphatic carbocycles. The largest absolute Gasteiger partial charge is 0.496 e. The van der Waals surface area contributed by atoms with Crippen LogP contribution in [-0.2, 0) is 11.2 Å². The Balaban J connectivity index is 1.73. The Bertz CT molecular complexity index is 770. The molecule has 0 spiro atoms. The number of carbonyl (C=O) groups excluding carboxylic acids is 1. The maximum absolute atomic E-state index is 13.6. The standard InChI is InChI=1S/C22H27FN2O2/c1-24-20(22(26)25-12-4-3-5-13-25)14-16-6-8-17(9-7-16)19-15-18(23)10-11-21(19)27-2/h6-11,15,20,24H,3-5,12-14H2,1-2H3. The van der Waals surface area contributed by atoms with Gasteiger partial charge in [0.25, 0.3) is 0 Å². The van der Waals surface area contributed by atoms with Crippen molar-refractivity contribution in [1.29, 1.82) is 0 Å². The van der Waals surface area contributed by atoms with Crippen LogP contribution in [0.3, 0.4) is 0 Å². The summed E-state index contributed by atoms with van der Waals surface area (Å²) in [4.78, 5) is 14.7. The van der Waals surface area contributed by atoms with Crippen molar-refractivity contribution < 1.29 is 13.9 Å². The second-order valence-corrected chi connectivity index (χ2v) is 6.97. The van der Waals surface area contributed by atoms with Gasteiger partial charge >= 0.3 is 0 Å². The van der Waals surface area contributed by atoms with Crippen molar-refractivity contribution in [2.45, 2.75) is 31.7 Å².